The van der Waals surface area contributed by atoms with Gasteiger partial charge in [0.05, 0.1) is 52.5 Å². The Labute approximate surface area is 719 Å². The number of aliphatic hydroxyl groups is 6. The Morgan fingerprint density at radius 2 is 1.34 bits per heavy atom. The molecule has 18 atom stereocenters. The number of aromatic carboxylic acids is 1. The van der Waals surface area contributed by atoms with E-state index in [0.717, 1.165) is 92.7 Å². The lowest BCUT2D eigenvalue weighted by molar-refractivity contribution is -0.333. The van der Waals surface area contributed by atoms with Gasteiger partial charge in [0.15, 0.2) is 29.9 Å². The van der Waals surface area contributed by atoms with Crippen molar-refractivity contribution in [1.82, 2.24) is 47.1 Å². The van der Waals surface area contributed by atoms with E-state index in [0.29, 0.717) is 24.3 Å². The topological polar surface area (TPSA) is 605 Å². The molecule has 1 aliphatic carbocycles. The fourth-order valence-corrected chi connectivity index (χ4v) is 16.3. The van der Waals surface area contributed by atoms with Crippen LogP contribution in [0.15, 0.2) is 102 Å². The van der Waals surface area contributed by atoms with Crippen molar-refractivity contribution < 1.29 is 132 Å². The maximum Gasteiger partial charge on any atom is 0.341 e. The highest BCUT2D eigenvalue weighted by Gasteiger charge is 2.52. The maximum absolute atomic E-state index is 16.0. The minimum Gasteiger partial charge on any atom is -0.508 e. The van der Waals surface area contributed by atoms with Crippen molar-refractivity contribution in [3.8, 4) is 57.1 Å². The van der Waals surface area contributed by atoms with E-state index in [-0.39, 0.29) is 63.2 Å². The smallest absolute Gasteiger partial charge is 0.341 e. The van der Waals surface area contributed by atoms with Crippen LogP contribution < -0.4 is 78.5 Å². The molecule has 1 unspecified atom stereocenters. The van der Waals surface area contributed by atoms with E-state index in [1.807, 2.05) is 23.3 Å². The fourth-order valence-electron chi connectivity index (χ4n) is 15.8. The van der Waals surface area contributed by atoms with E-state index < -0.39 is 254 Å². The van der Waals surface area contributed by atoms with Crippen molar-refractivity contribution in [2.45, 2.75) is 175 Å². The summed E-state index contributed by atoms with van der Waals surface area (Å²) in [4.78, 5) is 143. The van der Waals surface area contributed by atoms with Gasteiger partial charge in [0.25, 0.3) is 0 Å². The third-order valence-electron chi connectivity index (χ3n) is 22.5. The summed E-state index contributed by atoms with van der Waals surface area (Å²) >= 11 is 14.1. The Morgan fingerprint density at radius 3 is 1.94 bits per heavy atom. The number of carboxylic acid groups (broad SMARTS) is 2. The number of ether oxygens (including phenoxy) is 6. The van der Waals surface area contributed by atoms with Gasteiger partial charge in [-0.25, -0.2) is 14.0 Å². The molecule has 11 bridgehead atoms. The molecule has 7 amide bonds. The fraction of sp³-hybridized carbons (Fsp3) is 0.422. The van der Waals surface area contributed by atoms with Crippen LogP contribution in [0, 0.1) is 11.7 Å². The van der Waals surface area contributed by atoms with Crippen LogP contribution in [0.2, 0.25) is 10.0 Å². The number of benzene rings is 6. The third-order valence-corrected chi connectivity index (χ3v) is 23.1. The van der Waals surface area contributed by atoms with Crippen molar-refractivity contribution in [1.29, 1.82) is 0 Å². The number of primary amides is 1. The average molecular weight is 1780 g/mol. The van der Waals surface area contributed by atoms with Gasteiger partial charge in [0.2, 0.25) is 58.8 Å². The van der Waals surface area contributed by atoms with E-state index in [9.17, 15) is 94.1 Å². The summed E-state index contributed by atoms with van der Waals surface area (Å²) in [5.74, 6) is -17.7. The number of nitrogens with one attached hydrogen (secondary N) is 8. The molecule has 7 aromatic rings. The zero-order valence-electron chi connectivity index (χ0n) is 67.4. The van der Waals surface area contributed by atoms with Gasteiger partial charge < -0.3 is 148 Å². The molecule has 6 aromatic carbocycles. The Bertz CT molecular complexity index is 5470. The Kier molecular flexibility index (Phi) is 27.2. The number of phenolic OH excluding ortho intramolecular Hbond substituents is 3. The monoisotopic (exact) mass is 1780 g/mol. The van der Waals surface area contributed by atoms with Gasteiger partial charge in [0, 0.05) is 78.5 Å². The number of hydrogen-bond acceptors (Lipinski definition) is 29. The molecule has 1 aromatic heterocycles. The summed E-state index contributed by atoms with van der Waals surface area (Å²) in [6.07, 6.45) is -15.3. The standard InChI is InChI=1S/C66H75Cl2N9O24.C17H18FN3O3/c1-23(2)12-34(71-5)58(88)76-49-51(83)26-7-10-38(32(67)14-26)97-40-16-28-17-41(55(40)101-65-56(54(86)53(85)42(22-78)99-65)100-44-21-66(4,70)57(87)24(3)96-44)98-39-11-8-27(15-33(39)68)52(84)50-63(93)75-48(64(94)95)31-18-29(79)19-37(81)45(31)30-13-25(6-9-36(30)80)46(60(90)77-50)74-61(91)47(28)73-59(89)35(20-43(69)82)72-62(49)92;18-13-7-11-14(8-15(13)20-5-3-19-4-6-20)21(10-1-2-10)9-12(16(11)22)17(23)24/h6-11,13-19,23-24,34-35,42,44,46-54,56-57,65,71,78-81,83-87H,12,20-22,70H2,1-5H3,(H2,69,82)(H,72,92)(H,73,89)(H,74,91)(H,75,93)(H,76,88)(H,77,90)(H,94,95);7-10,19H,1-6H2,(H,23,24)/t24-,34+,35-,42+,44-,46+,47+,48+,49+,50-,51+,52+,53+,54-,56+,57?,65-,66-;/m0./s1. The number of carboxylic acids is 2. The molecule has 1 saturated carbocycles. The van der Waals surface area contributed by atoms with Crippen LogP contribution in [0.25, 0.3) is 22.0 Å². The first-order valence-electron chi connectivity index (χ1n) is 39.8. The summed E-state index contributed by atoms with van der Waals surface area (Å²) in [6.45, 7) is 8.62. The Morgan fingerprint density at radius 1 is 0.720 bits per heavy atom. The number of hydrogen-bond donors (Lipinski definition) is 21. The number of pyridine rings is 1. The first kappa shape index (κ1) is 91.1. The largest absolute Gasteiger partial charge is 0.508 e. The molecule has 0 radical (unpaired) electrons. The number of amides is 7. The number of aromatic nitrogens is 1. The number of aromatic hydroxyl groups is 3. The number of halogens is 3. The van der Waals surface area contributed by atoms with Crippen LogP contribution in [0.4, 0.5) is 10.1 Å². The molecule has 16 rings (SSSR count). The lowest BCUT2D eigenvalue weighted by atomic mass is 9.86. The highest BCUT2D eigenvalue weighted by atomic mass is 35.5. The van der Waals surface area contributed by atoms with Crippen LogP contribution in [0.5, 0.6) is 46.0 Å². The average Bonchev–Trinajstić information content (AvgIpc) is 1.73. The molecule has 23 N–H and O–H groups in total. The Hall–Kier alpha value is -11.6. The molecule has 8 aliphatic heterocycles. The third kappa shape index (κ3) is 19.4. The molecule has 0 spiro atoms. The summed E-state index contributed by atoms with van der Waals surface area (Å²) in [5.41, 5.74) is 8.16. The van der Waals surface area contributed by atoms with Crippen LogP contribution in [0.1, 0.15) is 134 Å². The normalized spacial score (nSPS) is 27.3. The van der Waals surface area contributed by atoms with Gasteiger partial charge in [-0.1, -0.05) is 55.2 Å². The number of carbonyl (C=O) groups excluding carboxylic acids is 7. The van der Waals surface area contributed by atoms with Crippen LogP contribution in [-0.2, 0) is 52.6 Å². The molecule has 125 heavy (non-hydrogen) atoms. The number of likely N-dealkylation sites (N-methyl/N-ethyl adjacent to an activating group) is 1. The maximum atomic E-state index is 16.0. The second kappa shape index (κ2) is 37.3. The second-order valence-electron chi connectivity index (χ2n) is 32.1. The van der Waals surface area contributed by atoms with Crippen molar-refractivity contribution >= 4 is 93.1 Å². The number of aliphatic hydroxyl groups excluding tert-OH is 6. The predicted octanol–water partition coefficient (Wildman–Crippen LogP) is 1.69. The number of aliphatic carboxylic acids is 1. The molecular weight excluding hydrogens is 1690 g/mol. The summed E-state index contributed by atoms with van der Waals surface area (Å²) < 4.78 is 54.7. The van der Waals surface area contributed by atoms with Gasteiger partial charge in [0.1, 0.15) is 101 Å². The van der Waals surface area contributed by atoms with E-state index in [2.05, 4.69) is 42.5 Å². The summed E-state index contributed by atoms with van der Waals surface area (Å²) in [7, 11) is 1.47. The first-order chi connectivity index (χ1) is 59.2. The van der Waals surface area contributed by atoms with Crippen LogP contribution in [-0.4, -0.2) is 233 Å². The molecule has 9 aliphatic rings. The zero-order valence-corrected chi connectivity index (χ0v) is 68.9. The van der Waals surface area contributed by atoms with Crippen molar-refractivity contribution in [3.05, 3.63) is 157 Å². The van der Waals surface area contributed by atoms with Gasteiger partial charge >= 0.3 is 11.9 Å². The number of nitrogens with two attached hydrogens (primary N) is 2. The van der Waals surface area contributed by atoms with E-state index in [4.69, 9.17) is 63.1 Å². The number of anilines is 1. The molecule has 3 saturated heterocycles. The number of carbonyl (C=O) groups is 9. The number of nitrogens with zero attached hydrogens (tertiary/aromatic N) is 2. The van der Waals surface area contributed by atoms with E-state index >= 15 is 14.4 Å². The number of rotatable bonds is 16. The highest BCUT2D eigenvalue weighted by molar-refractivity contribution is 6.32. The zero-order chi connectivity index (χ0) is 90.4. The minimum absolute atomic E-state index is 0.0975. The number of fused-ring (bicyclic) bond motifs is 16. The number of piperazine rings is 1. The molecule has 42 heteroatoms. The summed E-state index contributed by atoms with van der Waals surface area (Å²) in [6, 6.07) is 2.40. The van der Waals surface area contributed by atoms with Gasteiger partial charge in [-0.2, -0.15) is 0 Å². The Balaban J connectivity index is 0.000000475. The van der Waals surface area contributed by atoms with E-state index in [1.165, 1.54) is 45.3 Å². The van der Waals surface area contributed by atoms with Crippen LogP contribution in [0.3, 0.4) is 0 Å². The summed E-state index contributed by atoms with van der Waals surface area (Å²) in [5, 5.41) is 143. The molecule has 9 heterocycles. The molecule has 668 valence electrons. The lowest BCUT2D eigenvalue weighted by Crippen LogP contribution is -2.64. The van der Waals surface area contributed by atoms with Crippen molar-refractivity contribution in [2.24, 2.45) is 17.4 Å². The predicted molar refractivity (Wildman–Crippen MR) is 438 cm³/mol. The van der Waals surface area contributed by atoms with Crippen LogP contribution >= 0.6 is 23.2 Å². The lowest BCUT2D eigenvalue weighted by Gasteiger charge is -2.47. The highest BCUT2D eigenvalue weighted by Crippen LogP contribution is 2.50. The van der Waals surface area contributed by atoms with Gasteiger partial charge in [-0.3, -0.25) is 38.4 Å². The van der Waals surface area contributed by atoms with Crippen molar-refractivity contribution in [3.63, 3.8) is 0 Å². The molecule has 4 fully saturated rings. The number of phenols is 3. The van der Waals surface area contributed by atoms with Crippen molar-refractivity contribution in [2.75, 3.05) is 44.7 Å². The van der Waals surface area contributed by atoms with Gasteiger partial charge in [-0.05, 0) is 135 Å². The minimum atomic E-state index is -2.35. The SMILES string of the molecule is CN[C@H](CC(C)C)C(=O)N[C@H]1C(=O)N[C@@H](CC(N)=O)C(=O)N[C@H]2C(=O)N[C@H]3C(=O)N[C@H](C(=O)N[C@@H](C(=O)O)c4cc(O)cc(O)c4-c4cc3ccc4O)[C@H](O)c3ccc(c(Cl)c3)Oc3cc2cc(c3O[C@@H]2O[C@H](CO)[C@@H](O)[C@H](O)[C@H]2O[C@H]2C[C@](C)(N)C(O)[C@H](C)O2)Oc2ccc(cc2Cl)[C@H]1O.O=C(O)c1cn(C2CC2)c2cc(N3CCNCC3)c(F)cc2c1=O. The van der Waals surface area contributed by atoms with E-state index in [1.54, 1.807) is 6.07 Å². The molecule has 39 nitrogen and oxygen atoms in total. The first-order valence-corrected chi connectivity index (χ1v) is 40.5. The second-order valence-corrected chi connectivity index (χ2v) is 32.9. The molecular formula is C83H93Cl2FN12O27. The van der Waals surface area contributed by atoms with Gasteiger partial charge in [-0.15, -0.1) is 0 Å². The quantitative estimate of drug-likeness (QED) is 0.0654.